The topological polar surface area (TPSA) is 46.2 Å². The predicted octanol–water partition coefficient (Wildman–Crippen LogP) is 4.89. The number of rotatable bonds is 6. The van der Waals surface area contributed by atoms with Gasteiger partial charge in [-0.2, -0.15) is 0 Å². The van der Waals surface area contributed by atoms with Crippen molar-refractivity contribution in [1.82, 2.24) is 0 Å². The Bertz CT molecular complexity index is 732. The molecule has 2 aromatic carbocycles. The first-order valence-electron chi connectivity index (χ1n) is 7.39. The maximum atomic E-state index is 12.3. The molecule has 0 radical (unpaired) electrons. The van der Waals surface area contributed by atoms with E-state index in [2.05, 4.69) is 5.32 Å². The van der Waals surface area contributed by atoms with Crippen LogP contribution in [-0.4, -0.2) is 26.7 Å². The van der Waals surface area contributed by atoms with Crippen molar-refractivity contribution in [2.75, 3.05) is 16.8 Å². The summed E-state index contributed by atoms with van der Waals surface area (Å²) in [5, 5.41) is 2.81. The Hall–Kier alpha value is -1.63. The van der Waals surface area contributed by atoms with E-state index in [9.17, 15) is 9.59 Å². The van der Waals surface area contributed by atoms with Crippen molar-refractivity contribution in [2.45, 2.75) is 6.92 Å². The van der Waals surface area contributed by atoms with Crippen LogP contribution < -0.4 is 5.32 Å². The lowest BCUT2D eigenvalue weighted by Crippen LogP contribution is -2.13. The summed E-state index contributed by atoms with van der Waals surface area (Å²) in [5.41, 5.74) is 1.70. The van der Waals surface area contributed by atoms with Gasteiger partial charge >= 0.3 is 0 Å². The number of ketones is 1. The standard InChI is InChI=1S/C18H17NO2S3/c1-2-23-18(22)24-12-16(20)13-7-6-8-14(11-13)17(21)19-15-9-4-3-5-10-15/h3-11H,2,12H2,1H3,(H,19,21). The number of amides is 1. The quantitative estimate of drug-likeness (QED) is 0.575. The van der Waals surface area contributed by atoms with E-state index in [1.165, 1.54) is 11.8 Å². The smallest absolute Gasteiger partial charge is 0.255 e. The van der Waals surface area contributed by atoms with Crippen molar-refractivity contribution in [3.8, 4) is 0 Å². The monoisotopic (exact) mass is 375 g/mol. The van der Waals surface area contributed by atoms with E-state index in [-0.39, 0.29) is 17.4 Å². The van der Waals surface area contributed by atoms with Crippen LogP contribution in [0.2, 0.25) is 0 Å². The van der Waals surface area contributed by atoms with Crippen LogP contribution in [0.4, 0.5) is 5.69 Å². The number of anilines is 1. The number of carbonyl (C=O) groups is 2. The highest BCUT2D eigenvalue weighted by Gasteiger charge is 2.12. The molecule has 2 aromatic rings. The Labute approximate surface area is 155 Å². The molecule has 0 atom stereocenters. The molecular weight excluding hydrogens is 358 g/mol. The normalized spacial score (nSPS) is 10.2. The second-order valence-corrected chi connectivity index (χ2v) is 8.24. The molecule has 0 spiro atoms. The Kier molecular flexibility index (Phi) is 7.49. The number of para-hydroxylation sites is 1. The average molecular weight is 376 g/mol. The van der Waals surface area contributed by atoms with E-state index >= 15 is 0 Å². The summed E-state index contributed by atoms with van der Waals surface area (Å²) in [6.07, 6.45) is 0. The molecule has 2 rings (SSSR count). The molecule has 0 aliphatic heterocycles. The van der Waals surface area contributed by atoms with E-state index in [4.69, 9.17) is 12.2 Å². The Morgan fingerprint density at radius 3 is 2.42 bits per heavy atom. The van der Waals surface area contributed by atoms with Crippen LogP contribution in [0.5, 0.6) is 0 Å². The first kappa shape index (κ1) is 18.7. The molecule has 1 amide bonds. The van der Waals surface area contributed by atoms with Gasteiger partial charge in [0.1, 0.15) is 3.53 Å². The predicted molar refractivity (Wildman–Crippen MR) is 108 cm³/mol. The van der Waals surface area contributed by atoms with E-state index in [1.807, 2.05) is 37.3 Å². The fraction of sp³-hybridized carbons (Fsp3) is 0.167. The summed E-state index contributed by atoms with van der Waals surface area (Å²) in [6.45, 7) is 2.02. The van der Waals surface area contributed by atoms with E-state index in [0.29, 0.717) is 11.1 Å². The minimum atomic E-state index is -0.236. The van der Waals surface area contributed by atoms with Gasteiger partial charge in [0, 0.05) is 16.8 Å². The molecule has 0 aromatic heterocycles. The Balaban J connectivity index is 2.01. The highest BCUT2D eigenvalue weighted by molar-refractivity contribution is 8.47. The van der Waals surface area contributed by atoms with Crippen LogP contribution in [-0.2, 0) is 0 Å². The van der Waals surface area contributed by atoms with Gasteiger partial charge in [0.25, 0.3) is 5.91 Å². The first-order chi connectivity index (χ1) is 11.6. The fourth-order valence-corrected chi connectivity index (χ4v) is 3.97. The summed E-state index contributed by atoms with van der Waals surface area (Å²) in [4.78, 5) is 24.6. The Morgan fingerprint density at radius 2 is 1.71 bits per heavy atom. The fourth-order valence-electron chi connectivity index (χ4n) is 1.93. The number of hydrogen-bond donors (Lipinski definition) is 1. The highest BCUT2D eigenvalue weighted by Crippen LogP contribution is 2.19. The van der Waals surface area contributed by atoms with Crippen LogP contribution in [0.3, 0.4) is 0 Å². The van der Waals surface area contributed by atoms with E-state index in [0.717, 1.165) is 15.0 Å². The molecule has 0 saturated heterocycles. The van der Waals surface area contributed by atoms with Gasteiger partial charge < -0.3 is 5.32 Å². The number of carbonyl (C=O) groups excluding carboxylic acids is 2. The maximum Gasteiger partial charge on any atom is 0.255 e. The minimum Gasteiger partial charge on any atom is -0.322 e. The zero-order chi connectivity index (χ0) is 17.4. The van der Waals surface area contributed by atoms with E-state index in [1.54, 1.807) is 36.0 Å². The zero-order valence-corrected chi connectivity index (χ0v) is 15.6. The van der Waals surface area contributed by atoms with Gasteiger partial charge in [-0.05, 0) is 30.0 Å². The van der Waals surface area contributed by atoms with E-state index < -0.39 is 0 Å². The van der Waals surface area contributed by atoms with Crippen molar-refractivity contribution in [2.24, 2.45) is 0 Å². The number of thioether (sulfide) groups is 2. The van der Waals surface area contributed by atoms with Crippen LogP contribution in [0.1, 0.15) is 27.6 Å². The van der Waals surface area contributed by atoms with Gasteiger partial charge in [-0.1, -0.05) is 61.2 Å². The van der Waals surface area contributed by atoms with Crippen LogP contribution in [0.15, 0.2) is 54.6 Å². The molecule has 0 unspecified atom stereocenters. The molecule has 3 nitrogen and oxygen atoms in total. The van der Waals surface area contributed by atoms with Crippen LogP contribution in [0.25, 0.3) is 0 Å². The van der Waals surface area contributed by atoms with Crippen molar-refractivity contribution in [3.05, 3.63) is 65.7 Å². The molecule has 24 heavy (non-hydrogen) atoms. The van der Waals surface area contributed by atoms with Gasteiger partial charge in [-0.25, -0.2) is 0 Å². The highest BCUT2D eigenvalue weighted by atomic mass is 32.2. The van der Waals surface area contributed by atoms with Crippen molar-refractivity contribution >= 4 is 56.6 Å². The van der Waals surface area contributed by atoms with Crippen molar-refractivity contribution in [1.29, 1.82) is 0 Å². The number of thiocarbonyl (C=S) groups is 1. The average Bonchev–Trinajstić information content (AvgIpc) is 2.61. The first-order valence-corrected chi connectivity index (χ1v) is 9.77. The van der Waals surface area contributed by atoms with Gasteiger partial charge in [0.05, 0.1) is 5.75 Å². The summed E-state index contributed by atoms with van der Waals surface area (Å²) < 4.78 is 0.767. The van der Waals surface area contributed by atoms with Crippen molar-refractivity contribution < 1.29 is 9.59 Å². The third-order valence-corrected chi connectivity index (χ3v) is 5.64. The summed E-state index contributed by atoms with van der Waals surface area (Å²) >= 11 is 8.09. The summed E-state index contributed by atoms with van der Waals surface area (Å²) in [7, 11) is 0. The van der Waals surface area contributed by atoms with Gasteiger partial charge in [-0.15, -0.1) is 11.8 Å². The SMILES string of the molecule is CCSC(=S)SCC(=O)c1cccc(C(=O)Nc2ccccc2)c1. The molecule has 124 valence electrons. The maximum absolute atomic E-state index is 12.3. The van der Waals surface area contributed by atoms with Gasteiger partial charge in [0.15, 0.2) is 5.78 Å². The van der Waals surface area contributed by atoms with Gasteiger partial charge in [0.2, 0.25) is 0 Å². The molecule has 0 heterocycles. The molecule has 0 aliphatic carbocycles. The second-order valence-electron chi connectivity index (χ2n) is 4.80. The molecule has 0 aliphatic rings. The summed E-state index contributed by atoms with van der Waals surface area (Å²) in [5.74, 6) is 0.916. The third-order valence-electron chi connectivity index (χ3n) is 3.06. The number of nitrogens with one attached hydrogen (secondary N) is 1. The summed E-state index contributed by atoms with van der Waals surface area (Å²) in [6, 6.07) is 16.0. The number of Topliss-reactive ketones (excluding diaryl/α,β-unsaturated/α-hetero) is 1. The van der Waals surface area contributed by atoms with Crippen molar-refractivity contribution in [3.63, 3.8) is 0 Å². The Morgan fingerprint density at radius 1 is 1.00 bits per heavy atom. The molecule has 1 N–H and O–H groups in total. The zero-order valence-electron chi connectivity index (χ0n) is 13.2. The number of benzene rings is 2. The lowest BCUT2D eigenvalue weighted by Gasteiger charge is -2.07. The van der Waals surface area contributed by atoms with Crippen LogP contribution >= 0.6 is 35.7 Å². The lowest BCUT2D eigenvalue weighted by molar-refractivity contribution is 0.102. The number of hydrogen-bond acceptors (Lipinski definition) is 5. The minimum absolute atomic E-state index is 0.0339. The lowest BCUT2D eigenvalue weighted by atomic mass is 10.1. The molecule has 0 fully saturated rings. The third kappa shape index (κ3) is 5.78. The largest absolute Gasteiger partial charge is 0.322 e. The van der Waals surface area contributed by atoms with Gasteiger partial charge in [-0.3, -0.25) is 9.59 Å². The molecular formula is C18H17NO2S3. The molecule has 0 saturated carbocycles. The second kappa shape index (κ2) is 9.61. The molecule has 6 heteroatoms. The molecule has 0 bridgehead atoms. The van der Waals surface area contributed by atoms with Crippen LogP contribution in [0, 0.1) is 0 Å².